The molecule has 1 amide bonds. The Morgan fingerprint density at radius 3 is 2.83 bits per heavy atom. The van der Waals surface area contributed by atoms with E-state index in [0.29, 0.717) is 30.0 Å². The van der Waals surface area contributed by atoms with Crippen molar-refractivity contribution in [3.63, 3.8) is 0 Å². The highest BCUT2D eigenvalue weighted by molar-refractivity contribution is 5.79. The Hall–Kier alpha value is -0.570. The van der Waals surface area contributed by atoms with E-state index in [2.05, 4.69) is 31.4 Å². The SMILES string of the molecule is CC[C@H](C)NC(=O)[C@@H]1C[C@H](C)N[C@H]2CCCC[C@@H]21. The zero-order chi connectivity index (χ0) is 13.1. The summed E-state index contributed by atoms with van der Waals surface area (Å²) in [5.41, 5.74) is 0. The first-order valence-electron chi connectivity index (χ1n) is 7.68. The van der Waals surface area contributed by atoms with Crippen molar-refractivity contribution in [2.75, 3.05) is 0 Å². The number of rotatable bonds is 3. The van der Waals surface area contributed by atoms with E-state index in [4.69, 9.17) is 0 Å². The summed E-state index contributed by atoms with van der Waals surface area (Å²) in [6.07, 6.45) is 7.11. The lowest BCUT2D eigenvalue weighted by atomic mass is 9.71. The summed E-state index contributed by atoms with van der Waals surface area (Å²) in [7, 11) is 0. The first kappa shape index (κ1) is 13.9. The van der Waals surface area contributed by atoms with Gasteiger partial charge in [-0.1, -0.05) is 19.8 Å². The second-order valence-corrected chi connectivity index (χ2v) is 6.28. The van der Waals surface area contributed by atoms with Gasteiger partial charge in [-0.3, -0.25) is 4.79 Å². The third-order valence-corrected chi connectivity index (χ3v) is 4.78. The van der Waals surface area contributed by atoms with Crippen LogP contribution < -0.4 is 10.6 Å². The molecule has 1 heterocycles. The third kappa shape index (κ3) is 3.05. The number of amides is 1. The molecule has 5 atom stereocenters. The predicted octanol–water partition coefficient (Wildman–Crippen LogP) is 2.46. The second kappa shape index (κ2) is 6.05. The highest BCUT2D eigenvalue weighted by Gasteiger charge is 2.40. The molecule has 0 bridgehead atoms. The van der Waals surface area contributed by atoms with E-state index in [1.165, 1.54) is 25.7 Å². The molecule has 2 N–H and O–H groups in total. The van der Waals surface area contributed by atoms with Crippen LogP contribution in [0.2, 0.25) is 0 Å². The first-order chi connectivity index (χ1) is 8.61. The van der Waals surface area contributed by atoms with E-state index >= 15 is 0 Å². The highest BCUT2D eigenvalue weighted by atomic mass is 16.2. The van der Waals surface area contributed by atoms with Crippen LogP contribution in [-0.4, -0.2) is 24.0 Å². The summed E-state index contributed by atoms with van der Waals surface area (Å²) in [4.78, 5) is 12.4. The normalized spacial score (nSPS) is 37.7. The Labute approximate surface area is 111 Å². The molecule has 0 aromatic rings. The maximum atomic E-state index is 12.4. The molecule has 1 aliphatic heterocycles. The Morgan fingerprint density at radius 2 is 2.11 bits per heavy atom. The van der Waals surface area contributed by atoms with Crippen LogP contribution in [-0.2, 0) is 4.79 Å². The molecule has 0 spiro atoms. The molecule has 1 saturated heterocycles. The molecule has 0 radical (unpaired) electrons. The van der Waals surface area contributed by atoms with Crippen molar-refractivity contribution in [3.05, 3.63) is 0 Å². The molecule has 3 nitrogen and oxygen atoms in total. The topological polar surface area (TPSA) is 41.1 Å². The molecule has 104 valence electrons. The van der Waals surface area contributed by atoms with Gasteiger partial charge in [-0.2, -0.15) is 0 Å². The van der Waals surface area contributed by atoms with E-state index in [-0.39, 0.29) is 5.92 Å². The van der Waals surface area contributed by atoms with Gasteiger partial charge in [-0.15, -0.1) is 0 Å². The number of hydrogen-bond donors (Lipinski definition) is 2. The smallest absolute Gasteiger partial charge is 0.223 e. The van der Waals surface area contributed by atoms with Crippen LogP contribution in [0.3, 0.4) is 0 Å². The molecule has 2 rings (SSSR count). The van der Waals surface area contributed by atoms with Crippen LogP contribution in [0.15, 0.2) is 0 Å². The Kier molecular flexibility index (Phi) is 4.66. The minimum absolute atomic E-state index is 0.237. The van der Waals surface area contributed by atoms with Crippen LogP contribution in [0, 0.1) is 11.8 Å². The molecule has 2 aliphatic rings. The zero-order valence-corrected chi connectivity index (χ0v) is 12.0. The molecule has 18 heavy (non-hydrogen) atoms. The van der Waals surface area contributed by atoms with Crippen molar-refractivity contribution in [2.45, 2.75) is 77.4 Å². The fourth-order valence-electron chi connectivity index (χ4n) is 3.59. The van der Waals surface area contributed by atoms with E-state index in [1.54, 1.807) is 0 Å². The van der Waals surface area contributed by atoms with E-state index < -0.39 is 0 Å². The highest BCUT2D eigenvalue weighted by Crippen LogP contribution is 2.36. The number of carbonyl (C=O) groups is 1. The van der Waals surface area contributed by atoms with Crippen LogP contribution in [0.4, 0.5) is 0 Å². The van der Waals surface area contributed by atoms with E-state index in [1.807, 2.05) is 0 Å². The van der Waals surface area contributed by atoms with Crippen LogP contribution >= 0.6 is 0 Å². The van der Waals surface area contributed by atoms with E-state index in [9.17, 15) is 4.79 Å². The van der Waals surface area contributed by atoms with Gasteiger partial charge in [-0.25, -0.2) is 0 Å². The van der Waals surface area contributed by atoms with Crippen molar-refractivity contribution < 1.29 is 4.79 Å². The average molecular weight is 252 g/mol. The average Bonchev–Trinajstić information content (AvgIpc) is 2.37. The summed E-state index contributed by atoms with van der Waals surface area (Å²) in [5, 5.41) is 6.88. The largest absolute Gasteiger partial charge is 0.353 e. The summed E-state index contributed by atoms with van der Waals surface area (Å²) >= 11 is 0. The van der Waals surface area contributed by atoms with Gasteiger partial charge >= 0.3 is 0 Å². The number of nitrogens with one attached hydrogen (secondary N) is 2. The molecule has 2 fully saturated rings. The molecular weight excluding hydrogens is 224 g/mol. The van der Waals surface area contributed by atoms with Gasteiger partial charge < -0.3 is 10.6 Å². The van der Waals surface area contributed by atoms with Crippen molar-refractivity contribution >= 4 is 5.91 Å². The van der Waals surface area contributed by atoms with Crippen LogP contribution in [0.5, 0.6) is 0 Å². The zero-order valence-electron chi connectivity index (χ0n) is 12.0. The summed E-state index contributed by atoms with van der Waals surface area (Å²) in [6, 6.07) is 1.37. The maximum absolute atomic E-state index is 12.4. The van der Waals surface area contributed by atoms with Crippen LogP contribution in [0.25, 0.3) is 0 Å². The van der Waals surface area contributed by atoms with Gasteiger partial charge in [0.1, 0.15) is 0 Å². The number of fused-ring (bicyclic) bond motifs is 1. The molecule has 1 aliphatic carbocycles. The molecule has 3 heteroatoms. The Bertz CT molecular complexity index is 292. The quantitative estimate of drug-likeness (QED) is 0.810. The van der Waals surface area contributed by atoms with E-state index in [0.717, 1.165) is 12.8 Å². The summed E-state index contributed by atoms with van der Waals surface area (Å²) < 4.78 is 0. The van der Waals surface area contributed by atoms with Crippen molar-refractivity contribution in [2.24, 2.45) is 11.8 Å². The molecular formula is C15H28N2O. The minimum Gasteiger partial charge on any atom is -0.353 e. The van der Waals surface area contributed by atoms with Crippen molar-refractivity contribution in [1.29, 1.82) is 0 Å². The lowest BCUT2D eigenvalue weighted by Gasteiger charge is -2.44. The Morgan fingerprint density at radius 1 is 1.39 bits per heavy atom. The standard InChI is InChI=1S/C15H28N2O/c1-4-10(2)17-15(18)13-9-11(3)16-14-8-6-5-7-12(13)14/h10-14,16H,4-9H2,1-3H3,(H,17,18)/t10-,11-,12+,13+,14-/m0/s1. The number of hydrogen-bond acceptors (Lipinski definition) is 2. The van der Waals surface area contributed by atoms with Gasteiger partial charge in [0.25, 0.3) is 0 Å². The fourth-order valence-corrected chi connectivity index (χ4v) is 3.59. The maximum Gasteiger partial charge on any atom is 0.223 e. The Balaban J connectivity index is 2.01. The monoisotopic (exact) mass is 252 g/mol. The molecule has 0 unspecified atom stereocenters. The second-order valence-electron chi connectivity index (χ2n) is 6.28. The first-order valence-corrected chi connectivity index (χ1v) is 7.68. The summed E-state index contributed by atoms with van der Waals surface area (Å²) in [6.45, 7) is 6.44. The number of carbonyl (C=O) groups excluding carboxylic acids is 1. The molecule has 1 saturated carbocycles. The van der Waals surface area contributed by atoms with Crippen molar-refractivity contribution in [1.82, 2.24) is 10.6 Å². The minimum atomic E-state index is 0.237. The summed E-state index contributed by atoms with van der Waals surface area (Å²) in [5.74, 6) is 1.11. The molecule has 0 aromatic heterocycles. The van der Waals surface area contributed by atoms with Gasteiger partial charge in [0.05, 0.1) is 0 Å². The number of piperidine rings is 1. The lowest BCUT2D eigenvalue weighted by molar-refractivity contribution is -0.130. The van der Waals surface area contributed by atoms with Crippen molar-refractivity contribution in [3.8, 4) is 0 Å². The van der Waals surface area contributed by atoms with Gasteiger partial charge in [0.2, 0.25) is 5.91 Å². The lowest BCUT2D eigenvalue weighted by Crippen LogP contribution is -2.55. The van der Waals surface area contributed by atoms with Gasteiger partial charge in [0, 0.05) is 24.0 Å². The van der Waals surface area contributed by atoms with Gasteiger partial charge in [-0.05, 0) is 45.4 Å². The predicted molar refractivity (Wildman–Crippen MR) is 74.3 cm³/mol. The molecule has 0 aromatic carbocycles. The van der Waals surface area contributed by atoms with Crippen LogP contribution in [0.1, 0.15) is 59.3 Å². The van der Waals surface area contributed by atoms with Gasteiger partial charge in [0.15, 0.2) is 0 Å². The fraction of sp³-hybridized carbons (Fsp3) is 0.933. The third-order valence-electron chi connectivity index (χ3n) is 4.78.